The predicted molar refractivity (Wildman–Crippen MR) is 108 cm³/mol. The summed E-state index contributed by atoms with van der Waals surface area (Å²) in [6.45, 7) is 4.73. The number of hydrogen-bond acceptors (Lipinski definition) is 5. The Bertz CT molecular complexity index is 493. The van der Waals surface area contributed by atoms with Gasteiger partial charge in [-0.25, -0.2) is 0 Å². The van der Waals surface area contributed by atoms with Crippen LogP contribution in [-0.4, -0.2) is 73.7 Å². The van der Waals surface area contributed by atoms with Gasteiger partial charge in [0.25, 0.3) is 0 Å². The summed E-state index contributed by atoms with van der Waals surface area (Å²) in [5, 5.41) is 0. The van der Waals surface area contributed by atoms with Crippen LogP contribution in [0.2, 0.25) is 0 Å². The van der Waals surface area contributed by atoms with E-state index in [1.54, 1.807) is 0 Å². The first-order valence-electron chi connectivity index (χ1n) is 11.4. The fraction of sp³-hybridized carbons (Fsp3) is 0.909. The van der Waals surface area contributed by atoms with Gasteiger partial charge in [0.2, 0.25) is 5.91 Å². The lowest BCUT2D eigenvalue weighted by Gasteiger charge is -2.38. The minimum absolute atomic E-state index is 0.164. The smallest absolute Gasteiger partial charge is 0.305 e. The lowest BCUT2D eigenvalue weighted by Crippen LogP contribution is -2.45. The third-order valence-electron chi connectivity index (χ3n) is 6.77. The third kappa shape index (κ3) is 6.45. The first kappa shape index (κ1) is 21.6. The number of carbonyl (C=O) groups excluding carboxylic acids is 2. The van der Waals surface area contributed by atoms with Crippen LogP contribution < -0.4 is 0 Å². The van der Waals surface area contributed by atoms with Gasteiger partial charge in [0, 0.05) is 38.6 Å². The maximum Gasteiger partial charge on any atom is 0.305 e. The van der Waals surface area contributed by atoms with Gasteiger partial charge in [-0.15, -0.1) is 0 Å². The minimum atomic E-state index is -0.238. The molecule has 28 heavy (non-hydrogen) atoms. The van der Waals surface area contributed by atoms with Gasteiger partial charge in [0.1, 0.15) is 0 Å². The highest BCUT2D eigenvalue weighted by atomic mass is 16.5. The Morgan fingerprint density at radius 1 is 1.00 bits per heavy atom. The Labute approximate surface area is 169 Å². The molecule has 0 aromatic rings. The summed E-state index contributed by atoms with van der Waals surface area (Å²) in [5.41, 5.74) is 0. The molecule has 1 aliphatic carbocycles. The van der Waals surface area contributed by atoms with Crippen LogP contribution >= 0.6 is 0 Å². The highest BCUT2D eigenvalue weighted by Crippen LogP contribution is 2.28. The van der Waals surface area contributed by atoms with E-state index in [-0.39, 0.29) is 18.0 Å². The van der Waals surface area contributed by atoms with E-state index in [9.17, 15) is 9.59 Å². The van der Waals surface area contributed by atoms with E-state index in [1.807, 2.05) is 4.90 Å². The average Bonchev–Trinajstić information content (AvgIpc) is 3.42. The van der Waals surface area contributed by atoms with Crippen LogP contribution in [0, 0.1) is 5.92 Å². The normalized spacial score (nSPS) is 24.5. The van der Waals surface area contributed by atoms with Crippen molar-refractivity contribution in [2.24, 2.45) is 5.92 Å². The molecule has 3 rings (SSSR count). The molecule has 2 heterocycles. The van der Waals surface area contributed by atoms with Crippen LogP contribution in [-0.2, 0) is 19.1 Å². The molecule has 6 nitrogen and oxygen atoms in total. The average molecular weight is 395 g/mol. The van der Waals surface area contributed by atoms with Crippen LogP contribution in [0.1, 0.15) is 70.6 Å². The van der Waals surface area contributed by atoms with E-state index in [0.717, 1.165) is 32.0 Å². The minimum Gasteiger partial charge on any atom is -0.469 e. The molecule has 1 atom stereocenters. The monoisotopic (exact) mass is 394 g/mol. The second-order valence-electron chi connectivity index (χ2n) is 8.78. The summed E-state index contributed by atoms with van der Waals surface area (Å²) < 4.78 is 10.5. The zero-order valence-electron chi connectivity index (χ0n) is 17.6. The number of ether oxygens (including phenoxy) is 2. The van der Waals surface area contributed by atoms with E-state index < -0.39 is 0 Å². The summed E-state index contributed by atoms with van der Waals surface area (Å²) in [4.78, 5) is 28.9. The van der Waals surface area contributed by atoms with Crippen LogP contribution in [0.5, 0.6) is 0 Å². The number of carbonyl (C=O) groups is 2. The van der Waals surface area contributed by atoms with E-state index in [1.165, 1.54) is 58.7 Å². The van der Waals surface area contributed by atoms with Crippen molar-refractivity contribution in [3.63, 3.8) is 0 Å². The Hall–Kier alpha value is -1.14. The Kier molecular flexibility index (Phi) is 8.59. The quantitative estimate of drug-likeness (QED) is 0.563. The fourth-order valence-corrected chi connectivity index (χ4v) is 5.04. The molecule has 1 saturated carbocycles. The van der Waals surface area contributed by atoms with Gasteiger partial charge < -0.3 is 19.3 Å². The zero-order chi connectivity index (χ0) is 19.8. The molecular formula is C22H38N2O4. The highest BCUT2D eigenvalue weighted by Gasteiger charge is 2.30. The summed E-state index contributed by atoms with van der Waals surface area (Å²) >= 11 is 0. The van der Waals surface area contributed by atoms with Crippen molar-refractivity contribution in [3.8, 4) is 0 Å². The van der Waals surface area contributed by atoms with Gasteiger partial charge in [-0.1, -0.05) is 12.8 Å². The molecule has 6 heteroatoms. The topological polar surface area (TPSA) is 59.1 Å². The summed E-state index contributed by atoms with van der Waals surface area (Å²) in [6, 6.07) is 0.809. The Morgan fingerprint density at radius 2 is 1.75 bits per heavy atom. The van der Waals surface area contributed by atoms with E-state index in [4.69, 9.17) is 4.74 Å². The second kappa shape index (κ2) is 11.1. The molecule has 0 unspecified atom stereocenters. The van der Waals surface area contributed by atoms with Crippen molar-refractivity contribution >= 4 is 11.9 Å². The number of nitrogens with zero attached hydrogens (tertiary/aromatic N) is 2. The number of rotatable bonds is 9. The second-order valence-corrected chi connectivity index (χ2v) is 8.78. The third-order valence-corrected chi connectivity index (χ3v) is 6.77. The standard InChI is InChI=1S/C22H38N2O4/c1-27-22(26)10-4-9-21(25)24(17-20-8-5-15-28-20)16-18-11-13-23(14-12-18)19-6-2-3-7-19/h18-20H,2-17H2,1H3/t20-/m0/s1. The number of methoxy groups -OCH3 is 1. The predicted octanol–water partition coefficient (Wildman–Crippen LogP) is 2.99. The van der Waals surface area contributed by atoms with Crippen molar-refractivity contribution in [2.45, 2.75) is 82.8 Å². The summed E-state index contributed by atoms with van der Waals surface area (Å²) in [7, 11) is 1.39. The maximum atomic E-state index is 12.9. The van der Waals surface area contributed by atoms with Gasteiger partial charge in [0.15, 0.2) is 0 Å². The van der Waals surface area contributed by atoms with Crippen molar-refractivity contribution in [2.75, 3.05) is 39.9 Å². The lowest BCUT2D eigenvalue weighted by atomic mass is 9.94. The van der Waals surface area contributed by atoms with Crippen molar-refractivity contribution in [1.82, 2.24) is 9.80 Å². The summed E-state index contributed by atoms with van der Waals surface area (Å²) in [6.07, 6.45) is 11.5. The zero-order valence-corrected chi connectivity index (χ0v) is 17.6. The molecule has 0 aromatic carbocycles. The van der Waals surface area contributed by atoms with Gasteiger partial charge >= 0.3 is 5.97 Å². The molecule has 3 aliphatic rings. The first-order chi connectivity index (χ1) is 13.7. The van der Waals surface area contributed by atoms with E-state index in [0.29, 0.717) is 31.7 Å². The number of hydrogen-bond donors (Lipinski definition) is 0. The first-order valence-corrected chi connectivity index (χ1v) is 11.4. The molecule has 0 spiro atoms. The van der Waals surface area contributed by atoms with Gasteiger partial charge in [-0.2, -0.15) is 0 Å². The van der Waals surface area contributed by atoms with E-state index in [2.05, 4.69) is 9.64 Å². The molecule has 160 valence electrons. The van der Waals surface area contributed by atoms with Crippen molar-refractivity contribution in [3.05, 3.63) is 0 Å². The van der Waals surface area contributed by atoms with Crippen LogP contribution in [0.3, 0.4) is 0 Å². The molecule has 1 amide bonds. The van der Waals surface area contributed by atoms with Gasteiger partial charge in [0.05, 0.1) is 13.2 Å². The van der Waals surface area contributed by atoms with Crippen LogP contribution in [0.25, 0.3) is 0 Å². The van der Waals surface area contributed by atoms with Gasteiger partial charge in [-0.05, 0) is 64.0 Å². The molecule has 0 aromatic heterocycles. The van der Waals surface area contributed by atoms with E-state index >= 15 is 0 Å². The maximum absolute atomic E-state index is 12.9. The lowest BCUT2D eigenvalue weighted by molar-refractivity contribution is -0.141. The largest absolute Gasteiger partial charge is 0.469 e. The molecule has 3 fully saturated rings. The highest BCUT2D eigenvalue weighted by molar-refractivity contribution is 5.77. The SMILES string of the molecule is COC(=O)CCCC(=O)N(CC1CCN(C2CCCC2)CC1)C[C@@H]1CCCO1. The van der Waals surface area contributed by atoms with Crippen LogP contribution in [0.4, 0.5) is 0 Å². The van der Waals surface area contributed by atoms with Crippen LogP contribution in [0.15, 0.2) is 0 Å². The Balaban J connectivity index is 1.47. The Morgan fingerprint density at radius 3 is 2.39 bits per heavy atom. The molecule has 2 aliphatic heterocycles. The van der Waals surface area contributed by atoms with Crippen molar-refractivity contribution in [1.29, 1.82) is 0 Å². The number of esters is 1. The number of likely N-dealkylation sites (tertiary alicyclic amines) is 1. The molecule has 2 saturated heterocycles. The molecule has 0 N–H and O–H groups in total. The fourth-order valence-electron chi connectivity index (χ4n) is 5.04. The van der Waals surface area contributed by atoms with Gasteiger partial charge in [-0.3, -0.25) is 9.59 Å². The summed E-state index contributed by atoms with van der Waals surface area (Å²) in [5.74, 6) is 0.513. The molecule has 0 bridgehead atoms. The van der Waals surface area contributed by atoms with Crippen molar-refractivity contribution < 1.29 is 19.1 Å². The molecular weight excluding hydrogens is 356 g/mol. The number of amides is 1. The number of piperidine rings is 1. The molecule has 0 radical (unpaired) electrons.